The number of halogens is 1. The quantitative estimate of drug-likeness (QED) is 0.145. The van der Waals surface area contributed by atoms with Crippen LogP contribution in [0.5, 0.6) is 5.75 Å². The van der Waals surface area contributed by atoms with Gasteiger partial charge in [0.2, 0.25) is 5.91 Å². The van der Waals surface area contributed by atoms with E-state index in [1.165, 1.54) is 0 Å². The average Bonchev–Trinajstić information content (AvgIpc) is 2.68. The molecule has 0 unspecified atom stereocenters. The summed E-state index contributed by atoms with van der Waals surface area (Å²) < 4.78 is 10.5. The number of carbonyl (C=O) groups is 1. The Hall–Kier alpha value is -1.99. The number of nitrogens with one attached hydrogen (secondary N) is 3. The van der Waals surface area contributed by atoms with Crippen LogP contribution in [-0.2, 0) is 16.1 Å². The molecule has 0 aliphatic carbocycles. The summed E-state index contributed by atoms with van der Waals surface area (Å²) in [6.07, 6.45) is 5.98. The molecule has 1 amide bonds. The Balaban J connectivity index is 0.00000676. The number of methoxy groups -OCH3 is 1. The second-order valence-electron chi connectivity index (χ2n) is 5.32. The monoisotopic (exact) mass is 488 g/mol. The summed E-state index contributed by atoms with van der Waals surface area (Å²) in [7, 11) is 1.63. The van der Waals surface area contributed by atoms with Gasteiger partial charge in [-0.1, -0.05) is 18.1 Å². The number of rotatable bonds is 11. The van der Waals surface area contributed by atoms with Crippen LogP contribution in [0.4, 0.5) is 0 Å². The second-order valence-corrected chi connectivity index (χ2v) is 5.32. The van der Waals surface area contributed by atoms with E-state index in [9.17, 15) is 4.79 Å². The van der Waals surface area contributed by atoms with Gasteiger partial charge in [0.15, 0.2) is 5.96 Å². The smallest absolute Gasteiger partial charge is 0.240 e. The summed E-state index contributed by atoms with van der Waals surface area (Å²) in [6, 6.07) is 7.69. The van der Waals surface area contributed by atoms with Crippen LogP contribution in [0.1, 0.15) is 18.9 Å². The van der Waals surface area contributed by atoms with E-state index in [4.69, 9.17) is 15.9 Å². The highest BCUT2D eigenvalue weighted by Crippen LogP contribution is 2.11. The lowest BCUT2D eigenvalue weighted by atomic mass is 10.2. The fraction of sp³-hybridized carbons (Fsp3) is 0.474. The van der Waals surface area contributed by atoms with E-state index in [2.05, 4.69) is 26.9 Å². The molecule has 0 bridgehead atoms. The van der Waals surface area contributed by atoms with Crippen molar-refractivity contribution in [2.24, 2.45) is 4.99 Å². The first-order valence-corrected chi connectivity index (χ1v) is 8.62. The first kappa shape index (κ1) is 25.0. The number of aliphatic imine (C=N–C) groups is 1. The maximum absolute atomic E-state index is 11.7. The molecule has 1 aromatic rings. The summed E-state index contributed by atoms with van der Waals surface area (Å²) in [5.41, 5.74) is 1.04. The van der Waals surface area contributed by atoms with Crippen molar-refractivity contribution < 1.29 is 14.3 Å². The number of ether oxygens (including phenoxy) is 2. The number of hydrogen-bond acceptors (Lipinski definition) is 4. The van der Waals surface area contributed by atoms with E-state index < -0.39 is 0 Å². The average molecular weight is 488 g/mol. The lowest BCUT2D eigenvalue weighted by Gasteiger charge is -2.12. The molecule has 3 N–H and O–H groups in total. The largest absolute Gasteiger partial charge is 0.497 e. The Labute approximate surface area is 178 Å². The molecule has 0 atom stereocenters. The summed E-state index contributed by atoms with van der Waals surface area (Å²) in [4.78, 5) is 16.2. The van der Waals surface area contributed by atoms with Crippen molar-refractivity contribution in [3.63, 3.8) is 0 Å². The van der Waals surface area contributed by atoms with Crippen LogP contribution in [0.15, 0.2) is 29.3 Å². The van der Waals surface area contributed by atoms with Crippen LogP contribution in [-0.4, -0.2) is 51.8 Å². The van der Waals surface area contributed by atoms with E-state index in [1.54, 1.807) is 7.11 Å². The first-order chi connectivity index (χ1) is 12.7. The van der Waals surface area contributed by atoms with Crippen molar-refractivity contribution in [3.05, 3.63) is 29.8 Å². The lowest BCUT2D eigenvalue weighted by molar-refractivity contribution is -0.119. The number of nitrogens with zero attached hydrogens (tertiary/aromatic N) is 1. The molecule has 0 aromatic heterocycles. The fourth-order valence-electron chi connectivity index (χ4n) is 1.98. The molecule has 0 fully saturated rings. The number of hydrogen-bond donors (Lipinski definition) is 3. The van der Waals surface area contributed by atoms with E-state index in [-0.39, 0.29) is 43.0 Å². The van der Waals surface area contributed by atoms with Gasteiger partial charge >= 0.3 is 0 Å². The molecular weight excluding hydrogens is 459 g/mol. The second kappa shape index (κ2) is 16.2. The third kappa shape index (κ3) is 12.1. The standard InChI is InChI=1S/C19H28N4O3.HI/c1-4-11-20-18(24)15-23-19(21-12-6-13-26-5-2)22-14-16-7-9-17(25-3)10-8-16;/h1,7-10H,5-6,11-15H2,2-3H3,(H,20,24)(H2,21,22,23);1H. The minimum absolute atomic E-state index is 0. The zero-order chi connectivity index (χ0) is 19.0. The topological polar surface area (TPSA) is 84.0 Å². The Morgan fingerprint density at radius 3 is 2.59 bits per heavy atom. The summed E-state index contributed by atoms with van der Waals surface area (Å²) >= 11 is 0. The Bertz CT molecular complexity index is 600. The van der Waals surface area contributed by atoms with Gasteiger partial charge in [-0.15, -0.1) is 30.4 Å². The molecule has 1 aromatic carbocycles. The predicted octanol–water partition coefficient (Wildman–Crippen LogP) is 1.52. The SMILES string of the molecule is C#CCNC(=O)CNC(=NCc1ccc(OC)cc1)NCCCOCC.I. The number of amides is 1. The molecule has 0 aliphatic heterocycles. The number of guanidine groups is 1. The first-order valence-electron chi connectivity index (χ1n) is 8.62. The van der Waals surface area contributed by atoms with Gasteiger partial charge < -0.3 is 25.4 Å². The van der Waals surface area contributed by atoms with Gasteiger partial charge in [-0.25, -0.2) is 4.99 Å². The molecule has 0 saturated carbocycles. The van der Waals surface area contributed by atoms with Gasteiger partial charge in [0.25, 0.3) is 0 Å². The number of benzene rings is 1. The van der Waals surface area contributed by atoms with Crippen molar-refractivity contribution in [2.45, 2.75) is 19.9 Å². The molecule has 0 aliphatic rings. The molecule has 0 spiro atoms. The molecular formula is C19H29IN4O3. The third-order valence-electron chi connectivity index (χ3n) is 3.34. The van der Waals surface area contributed by atoms with Crippen molar-refractivity contribution in [3.8, 4) is 18.1 Å². The van der Waals surface area contributed by atoms with Crippen molar-refractivity contribution in [1.82, 2.24) is 16.0 Å². The summed E-state index contributed by atoms with van der Waals surface area (Å²) in [5.74, 6) is 3.55. The zero-order valence-corrected chi connectivity index (χ0v) is 18.2. The van der Waals surface area contributed by atoms with Crippen LogP contribution >= 0.6 is 24.0 Å². The van der Waals surface area contributed by atoms with E-state index >= 15 is 0 Å². The van der Waals surface area contributed by atoms with Crippen LogP contribution in [0.3, 0.4) is 0 Å². The molecule has 1 rings (SSSR count). The predicted molar refractivity (Wildman–Crippen MR) is 119 cm³/mol. The summed E-state index contributed by atoms with van der Waals surface area (Å²) in [5, 5.41) is 8.81. The molecule has 150 valence electrons. The minimum Gasteiger partial charge on any atom is -0.497 e. The highest BCUT2D eigenvalue weighted by Gasteiger charge is 2.03. The Morgan fingerprint density at radius 2 is 1.96 bits per heavy atom. The van der Waals surface area contributed by atoms with Gasteiger partial charge in [0.1, 0.15) is 5.75 Å². The highest BCUT2D eigenvalue weighted by molar-refractivity contribution is 14.0. The maximum Gasteiger partial charge on any atom is 0.240 e. The van der Waals surface area contributed by atoms with Crippen molar-refractivity contribution >= 4 is 35.8 Å². The molecule has 8 heteroatoms. The van der Waals surface area contributed by atoms with E-state index in [0.717, 1.165) is 17.7 Å². The molecule has 0 heterocycles. The van der Waals surface area contributed by atoms with Crippen LogP contribution in [0, 0.1) is 12.3 Å². The van der Waals surface area contributed by atoms with Crippen molar-refractivity contribution in [2.75, 3.05) is 40.0 Å². The molecule has 7 nitrogen and oxygen atoms in total. The molecule has 27 heavy (non-hydrogen) atoms. The van der Waals surface area contributed by atoms with Gasteiger partial charge in [0, 0.05) is 19.8 Å². The van der Waals surface area contributed by atoms with Crippen molar-refractivity contribution in [1.29, 1.82) is 0 Å². The van der Waals surface area contributed by atoms with Gasteiger partial charge in [-0.2, -0.15) is 0 Å². The van der Waals surface area contributed by atoms with E-state index in [0.29, 0.717) is 32.3 Å². The van der Waals surface area contributed by atoms with E-state index in [1.807, 2.05) is 31.2 Å². The highest BCUT2D eigenvalue weighted by atomic mass is 127. The van der Waals surface area contributed by atoms with Crippen LogP contribution < -0.4 is 20.7 Å². The number of carbonyl (C=O) groups excluding carboxylic acids is 1. The minimum atomic E-state index is -0.184. The third-order valence-corrected chi connectivity index (χ3v) is 3.34. The Kier molecular flexibility index (Phi) is 15.0. The molecule has 0 radical (unpaired) electrons. The molecule has 0 saturated heterocycles. The van der Waals surface area contributed by atoms with Crippen LogP contribution in [0.2, 0.25) is 0 Å². The van der Waals surface area contributed by atoms with Gasteiger partial charge in [0.05, 0.1) is 26.7 Å². The van der Waals surface area contributed by atoms with Gasteiger partial charge in [-0.3, -0.25) is 4.79 Å². The van der Waals surface area contributed by atoms with Gasteiger partial charge in [-0.05, 0) is 31.0 Å². The Morgan fingerprint density at radius 1 is 1.22 bits per heavy atom. The summed E-state index contributed by atoms with van der Waals surface area (Å²) in [6.45, 7) is 4.83. The fourth-order valence-corrected chi connectivity index (χ4v) is 1.98. The lowest BCUT2D eigenvalue weighted by Crippen LogP contribution is -2.43. The zero-order valence-electron chi connectivity index (χ0n) is 15.9. The number of terminal acetylenes is 1. The van der Waals surface area contributed by atoms with Crippen LogP contribution in [0.25, 0.3) is 0 Å². The maximum atomic E-state index is 11.7. The normalized spacial score (nSPS) is 10.3.